The minimum absolute atomic E-state index is 0.133. The lowest BCUT2D eigenvalue weighted by Gasteiger charge is -2.25. The van der Waals surface area contributed by atoms with Crippen molar-refractivity contribution < 1.29 is 29.0 Å². The molecular weight excluding hydrogens is 596 g/mol. The van der Waals surface area contributed by atoms with Gasteiger partial charge in [0.05, 0.1) is 43.3 Å². The summed E-state index contributed by atoms with van der Waals surface area (Å²) in [5.41, 5.74) is 3.89. The number of carboxylic acid groups (broad SMARTS) is 1. The highest BCUT2D eigenvalue weighted by molar-refractivity contribution is 6.18. The number of amides is 2. The van der Waals surface area contributed by atoms with E-state index in [1.165, 1.54) is 14.2 Å². The van der Waals surface area contributed by atoms with Crippen LogP contribution in [0.4, 0.5) is 5.69 Å². The Balaban J connectivity index is 1.37. The lowest BCUT2D eigenvalue weighted by Crippen LogP contribution is -2.39. The van der Waals surface area contributed by atoms with E-state index in [0.717, 1.165) is 24.9 Å². The number of nitrogens with one attached hydrogen (secondary N) is 2. The zero-order chi connectivity index (χ0) is 32.9. The summed E-state index contributed by atoms with van der Waals surface area (Å²) in [6.45, 7) is 1.49. The zero-order valence-corrected chi connectivity index (χ0v) is 26.2. The molecule has 0 aromatic heterocycles. The molecule has 1 fully saturated rings. The van der Waals surface area contributed by atoms with Gasteiger partial charge in [-0.05, 0) is 42.6 Å². The molecule has 10 heteroatoms. The molecular formula is C37H36N4O6. The number of carbonyl (C=O) groups excluding carboxylic acids is 2. The molecule has 240 valence electrons. The summed E-state index contributed by atoms with van der Waals surface area (Å²) in [6, 6.07) is 27.1. The minimum atomic E-state index is -1.41. The largest absolute Gasteiger partial charge is 0.493 e. The molecule has 3 atom stereocenters. The van der Waals surface area contributed by atoms with Gasteiger partial charge >= 0.3 is 5.97 Å². The summed E-state index contributed by atoms with van der Waals surface area (Å²) in [5.74, 6) is -1.26. The quantitative estimate of drug-likeness (QED) is 0.197. The van der Waals surface area contributed by atoms with Gasteiger partial charge in [0.25, 0.3) is 5.91 Å². The highest BCUT2D eigenvalue weighted by Crippen LogP contribution is 2.41. The summed E-state index contributed by atoms with van der Waals surface area (Å²) in [6.07, 6.45) is 1.64. The van der Waals surface area contributed by atoms with E-state index < -0.39 is 24.0 Å². The molecule has 1 saturated heterocycles. The van der Waals surface area contributed by atoms with Crippen LogP contribution in [0, 0.1) is 0 Å². The van der Waals surface area contributed by atoms with Gasteiger partial charge in [-0.3, -0.25) is 19.5 Å². The van der Waals surface area contributed by atoms with Crippen LogP contribution < -0.4 is 20.1 Å². The summed E-state index contributed by atoms with van der Waals surface area (Å²) in [5, 5.41) is 16.5. The molecule has 3 unspecified atom stereocenters. The molecule has 0 aliphatic carbocycles. The molecule has 2 aliphatic rings. The Hall–Kier alpha value is -5.48. The third-order valence-corrected chi connectivity index (χ3v) is 8.65. The lowest BCUT2D eigenvalue weighted by molar-refractivity contribution is -0.139. The van der Waals surface area contributed by atoms with Gasteiger partial charge in [0.1, 0.15) is 0 Å². The maximum Gasteiger partial charge on any atom is 0.330 e. The van der Waals surface area contributed by atoms with E-state index in [2.05, 4.69) is 27.7 Å². The van der Waals surface area contributed by atoms with E-state index in [4.69, 9.17) is 14.5 Å². The predicted molar refractivity (Wildman–Crippen MR) is 178 cm³/mol. The molecule has 4 aromatic carbocycles. The second-order valence-corrected chi connectivity index (χ2v) is 11.5. The van der Waals surface area contributed by atoms with Gasteiger partial charge in [0, 0.05) is 17.7 Å². The van der Waals surface area contributed by atoms with Crippen molar-refractivity contribution in [1.82, 2.24) is 10.2 Å². The maximum atomic E-state index is 13.8. The number of para-hydroxylation sites is 1. The number of carboxylic acids is 1. The Labute approximate surface area is 273 Å². The third-order valence-electron chi connectivity index (χ3n) is 8.65. The summed E-state index contributed by atoms with van der Waals surface area (Å²) in [7, 11) is 2.89. The van der Waals surface area contributed by atoms with Gasteiger partial charge in [-0.15, -0.1) is 0 Å². The maximum absolute atomic E-state index is 13.8. The Bertz CT molecular complexity index is 1810. The van der Waals surface area contributed by atoms with E-state index in [1.807, 2.05) is 66.7 Å². The smallest absolute Gasteiger partial charge is 0.330 e. The average molecular weight is 633 g/mol. The second kappa shape index (κ2) is 13.9. The Morgan fingerprint density at radius 2 is 1.66 bits per heavy atom. The molecule has 6 rings (SSSR count). The number of anilines is 1. The number of hydrogen-bond donors (Lipinski definition) is 3. The van der Waals surface area contributed by atoms with Crippen LogP contribution in [0.2, 0.25) is 0 Å². The number of ether oxygens (including phenoxy) is 2. The summed E-state index contributed by atoms with van der Waals surface area (Å²) < 4.78 is 10.8. The fraction of sp³-hybridized carbons (Fsp3) is 0.243. The number of likely N-dealkylation sites (tertiary alicyclic amines) is 1. The monoisotopic (exact) mass is 632 g/mol. The molecule has 0 radical (unpaired) electrons. The number of nitrogens with zero attached hydrogens (tertiary/aromatic N) is 2. The van der Waals surface area contributed by atoms with Crippen LogP contribution in [0.5, 0.6) is 11.5 Å². The lowest BCUT2D eigenvalue weighted by atomic mass is 9.96. The second-order valence-electron chi connectivity index (χ2n) is 11.5. The number of hydrogen-bond acceptors (Lipinski definition) is 7. The summed E-state index contributed by atoms with van der Waals surface area (Å²) >= 11 is 0. The van der Waals surface area contributed by atoms with Crippen molar-refractivity contribution in [1.29, 1.82) is 0 Å². The van der Waals surface area contributed by atoms with Crippen molar-refractivity contribution in [3.63, 3.8) is 0 Å². The molecule has 3 N–H and O–H groups in total. The number of carbonyl (C=O) groups is 3. The van der Waals surface area contributed by atoms with E-state index >= 15 is 0 Å². The van der Waals surface area contributed by atoms with Gasteiger partial charge in [-0.25, -0.2) is 4.79 Å². The topological polar surface area (TPSA) is 130 Å². The molecule has 0 saturated carbocycles. The van der Waals surface area contributed by atoms with Crippen LogP contribution >= 0.6 is 0 Å². The number of aliphatic imine (C=N–C) groups is 1. The molecule has 47 heavy (non-hydrogen) atoms. The average Bonchev–Trinajstić information content (AvgIpc) is 3.70. The highest BCUT2D eigenvalue weighted by atomic mass is 16.5. The van der Waals surface area contributed by atoms with Crippen LogP contribution in [0.3, 0.4) is 0 Å². The molecule has 2 aliphatic heterocycles. The van der Waals surface area contributed by atoms with Crippen molar-refractivity contribution in [2.45, 2.75) is 37.5 Å². The fourth-order valence-electron chi connectivity index (χ4n) is 6.43. The molecule has 4 aromatic rings. The number of aliphatic carboxylic acids is 1. The predicted octanol–water partition coefficient (Wildman–Crippen LogP) is 5.08. The first-order chi connectivity index (χ1) is 22.9. The SMILES string of the molecule is COc1ccc2c(c1OC)C(=O)NC2C(N=C(c1ccccc1)c1ccccc1NC(=O)C1CCCN1Cc1ccccc1)C(=O)O. The van der Waals surface area contributed by atoms with Gasteiger partial charge < -0.3 is 25.2 Å². The van der Waals surface area contributed by atoms with Crippen LogP contribution in [0.25, 0.3) is 0 Å². The summed E-state index contributed by atoms with van der Waals surface area (Å²) in [4.78, 5) is 46.9. The van der Waals surface area contributed by atoms with Crippen LogP contribution in [0.15, 0.2) is 102 Å². The van der Waals surface area contributed by atoms with Crippen LogP contribution in [-0.2, 0) is 16.1 Å². The number of benzene rings is 4. The molecule has 2 heterocycles. The van der Waals surface area contributed by atoms with Gasteiger partial charge in [-0.2, -0.15) is 0 Å². The van der Waals surface area contributed by atoms with E-state index in [9.17, 15) is 19.5 Å². The first-order valence-electron chi connectivity index (χ1n) is 15.5. The third kappa shape index (κ3) is 6.45. The Morgan fingerprint density at radius 1 is 0.957 bits per heavy atom. The van der Waals surface area contributed by atoms with Crippen molar-refractivity contribution in [2.75, 3.05) is 26.1 Å². The number of fused-ring (bicyclic) bond motifs is 1. The standard InChI is InChI=1S/C37H36N4O6/c1-46-29-20-19-26-30(34(29)47-2)36(43)40-32(26)33(37(44)45)39-31(24-14-7-4-8-15-24)25-16-9-10-17-27(25)38-35(42)28-18-11-21-41(28)22-23-12-5-3-6-13-23/h3-10,12-17,19-20,28,32-33H,11,18,21-22H2,1-2H3,(H,38,42)(H,40,43)(H,44,45). The Kier molecular flexibility index (Phi) is 9.30. The molecule has 2 amide bonds. The van der Waals surface area contributed by atoms with Gasteiger partial charge in [0.2, 0.25) is 5.91 Å². The normalized spacial score (nSPS) is 18.3. The first kappa shape index (κ1) is 31.5. The van der Waals surface area contributed by atoms with Crippen LogP contribution in [-0.4, -0.2) is 66.3 Å². The molecule has 0 bridgehead atoms. The molecule has 0 spiro atoms. The van der Waals surface area contributed by atoms with Gasteiger partial charge in [0.15, 0.2) is 17.5 Å². The Morgan fingerprint density at radius 3 is 2.36 bits per heavy atom. The van der Waals surface area contributed by atoms with Crippen molar-refractivity contribution in [3.8, 4) is 11.5 Å². The van der Waals surface area contributed by atoms with Crippen LogP contribution in [0.1, 0.15) is 51.5 Å². The van der Waals surface area contributed by atoms with Crippen molar-refractivity contribution >= 4 is 29.2 Å². The fourth-order valence-corrected chi connectivity index (χ4v) is 6.43. The number of rotatable bonds is 11. The van der Waals surface area contributed by atoms with Crippen molar-refractivity contribution in [2.24, 2.45) is 4.99 Å². The number of methoxy groups -OCH3 is 2. The van der Waals surface area contributed by atoms with Crippen molar-refractivity contribution in [3.05, 3.63) is 125 Å². The van der Waals surface area contributed by atoms with E-state index in [0.29, 0.717) is 40.4 Å². The van der Waals surface area contributed by atoms with Gasteiger partial charge in [-0.1, -0.05) is 84.9 Å². The minimum Gasteiger partial charge on any atom is -0.493 e. The first-order valence-corrected chi connectivity index (χ1v) is 15.5. The zero-order valence-electron chi connectivity index (χ0n) is 26.2. The van der Waals surface area contributed by atoms with E-state index in [-0.39, 0.29) is 23.3 Å². The highest BCUT2D eigenvalue weighted by Gasteiger charge is 2.41. The molecule has 10 nitrogen and oxygen atoms in total. The van der Waals surface area contributed by atoms with E-state index in [1.54, 1.807) is 18.2 Å².